The molecule has 0 atom stereocenters. The van der Waals surface area contributed by atoms with Crippen LogP contribution in [0.25, 0.3) is 10.2 Å². The van der Waals surface area contributed by atoms with E-state index in [9.17, 15) is 0 Å². The molecule has 0 bridgehead atoms. The lowest BCUT2D eigenvalue weighted by molar-refractivity contribution is 0.771. The normalized spacial score (nSPS) is 10.9. The van der Waals surface area contributed by atoms with Crippen molar-refractivity contribution in [2.24, 2.45) is 7.05 Å². The van der Waals surface area contributed by atoms with Crippen LogP contribution in [0.3, 0.4) is 0 Å². The van der Waals surface area contributed by atoms with Crippen molar-refractivity contribution in [2.75, 3.05) is 5.32 Å². The van der Waals surface area contributed by atoms with Gasteiger partial charge in [0.2, 0.25) is 0 Å². The van der Waals surface area contributed by atoms with E-state index in [1.165, 1.54) is 0 Å². The first-order valence-corrected chi connectivity index (χ1v) is 6.23. The first-order valence-electron chi connectivity index (χ1n) is 5.03. The number of rotatable bonds is 2. The highest BCUT2D eigenvalue weighted by atomic mass is 35.5. The molecular weight excluding hydrogens is 256 g/mol. The van der Waals surface area contributed by atoms with Crippen molar-refractivity contribution in [2.45, 2.75) is 0 Å². The van der Waals surface area contributed by atoms with Crippen molar-refractivity contribution >= 4 is 44.1 Å². The molecule has 6 heteroatoms. The van der Waals surface area contributed by atoms with Gasteiger partial charge in [-0.05, 0) is 18.2 Å². The van der Waals surface area contributed by atoms with Crippen LogP contribution < -0.4 is 5.32 Å². The number of thiazole rings is 1. The van der Waals surface area contributed by atoms with Crippen LogP contribution in [0.5, 0.6) is 0 Å². The zero-order valence-electron chi connectivity index (χ0n) is 9.01. The van der Waals surface area contributed by atoms with E-state index >= 15 is 0 Å². The third kappa shape index (κ3) is 2.11. The fourth-order valence-corrected chi connectivity index (χ4v) is 2.69. The summed E-state index contributed by atoms with van der Waals surface area (Å²) in [5.41, 5.74) is 0.942. The van der Waals surface area contributed by atoms with Crippen LogP contribution in [0.1, 0.15) is 0 Å². The van der Waals surface area contributed by atoms with Gasteiger partial charge in [-0.25, -0.2) is 4.98 Å². The number of benzene rings is 1. The number of aromatic nitrogens is 3. The van der Waals surface area contributed by atoms with Crippen molar-refractivity contribution in [1.29, 1.82) is 0 Å². The number of hydrogen-bond donors (Lipinski definition) is 1. The minimum atomic E-state index is 0.727. The monoisotopic (exact) mass is 264 g/mol. The molecule has 0 saturated heterocycles. The maximum atomic E-state index is 5.93. The van der Waals surface area contributed by atoms with Gasteiger partial charge >= 0.3 is 0 Å². The third-order valence-electron chi connectivity index (χ3n) is 2.30. The number of nitrogens with one attached hydrogen (secondary N) is 1. The van der Waals surface area contributed by atoms with Gasteiger partial charge in [0.1, 0.15) is 0 Å². The second-order valence-corrected chi connectivity index (χ2v) is 5.10. The smallest absolute Gasteiger partial charge is 0.189 e. The van der Waals surface area contributed by atoms with Crippen molar-refractivity contribution in [3.05, 3.63) is 35.5 Å². The summed E-state index contributed by atoms with van der Waals surface area (Å²) in [5, 5.41) is 8.95. The van der Waals surface area contributed by atoms with E-state index in [2.05, 4.69) is 15.4 Å². The number of fused-ring (bicyclic) bond motifs is 1. The second-order valence-electron chi connectivity index (χ2n) is 3.63. The maximum Gasteiger partial charge on any atom is 0.189 e. The Labute approximate surface area is 107 Å². The zero-order chi connectivity index (χ0) is 11.8. The summed E-state index contributed by atoms with van der Waals surface area (Å²) in [6, 6.07) is 7.57. The fraction of sp³-hybridized carbons (Fsp3) is 0.0909. The summed E-state index contributed by atoms with van der Waals surface area (Å²) in [5.74, 6) is 0.789. The SMILES string of the molecule is Cn1ccc(Nc2nc3ccc(Cl)cc3s2)n1. The Morgan fingerprint density at radius 3 is 3.00 bits per heavy atom. The van der Waals surface area contributed by atoms with Crippen molar-refractivity contribution in [3.8, 4) is 0 Å². The molecule has 2 aromatic heterocycles. The van der Waals surface area contributed by atoms with Gasteiger partial charge in [-0.1, -0.05) is 22.9 Å². The Balaban J connectivity index is 1.95. The Morgan fingerprint density at radius 2 is 2.24 bits per heavy atom. The van der Waals surface area contributed by atoms with Crippen LogP contribution in [0.2, 0.25) is 5.02 Å². The first-order chi connectivity index (χ1) is 8.20. The predicted octanol–water partition coefficient (Wildman–Crippen LogP) is 3.43. The quantitative estimate of drug-likeness (QED) is 0.771. The van der Waals surface area contributed by atoms with Crippen molar-refractivity contribution < 1.29 is 0 Å². The van der Waals surface area contributed by atoms with E-state index in [4.69, 9.17) is 11.6 Å². The molecule has 0 fully saturated rings. The van der Waals surface area contributed by atoms with Gasteiger partial charge in [0.05, 0.1) is 10.2 Å². The molecule has 3 aromatic rings. The highest BCUT2D eigenvalue weighted by Crippen LogP contribution is 2.29. The van der Waals surface area contributed by atoms with E-state index in [-0.39, 0.29) is 0 Å². The molecule has 0 radical (unpaired) electrons. The number of anilines is 2. The standard InChI is InChI=1S/C11H9ClN4S/c1-16-5-4-10(15-16)14-11-13-8-3-2-7(12)6-9(8)17-11/h2-6H,1H3,(H,13,14,15). The Kier molecular flexibility index (Phi) is 2.49. The molecule has 4 nitrogen and oxygen atoms in total. The lowest BCUT2D eigenvalue weighted by Crippen LogP contribution is -1.92. The Bertz CT molecular complexity index is 673. The van der Waals surface area contributed by atoms with Gasteiger partial charge in [0.25, 0.3) is 0 Å². The molecule has 0 amide bonds. The van der Waals surface area contributed by atoms with Crippen LogP contribution in [0, 0.1) is 0 Å². The van der Waals surface area contributed by atoms with Gasteiger partial charge in [-0.15, -0.1) is 0 Å². The first kappa shape index (κ1) is 10.6. The molecule has 0 aliphatic carbocycles. The Morgan fingerprint density at radius 1 is 1.35 bits per heavy atom. The summed E-state index contributed by atoms with van der Waals surface area (Å²) in [6.07, 6.45) is 1.88. The number of nitrogens with zero attached hydrogens (tertiary/aromatic N) is 3. The molecule has 1 aromatic carbocycles. The molecule has 3 rings (SSSR count). The molecule has 0 saturated carbocycles. The van der Waals surface area contributed by atoms with E-state index in [0.29, 0.717) is 0 Å². The van der Waals surface area contributed by atoms with Gasteiger partial charge in [-0.3, -0.25) is 4.68 Å². The zero-order valence-corrected chi connectivity index (χ0v) is 10.6. The van der Waals surface area contributed by atoms with Gasteiger partial charge in [-0.2, -0.15) is 5.10 Å². The lowest BCUT2D eigenvalue weighted by atomic mass is 10.3. The molecule has 17 heavy (non-hydrogen) atoms. The molecule has 2 heterocycles. The van der Waals surface area contributed by atoms with E-state index < -0.39 is 0 Å². The van der Waals surface area contributed by atoms with Gasteiger partial charge < -0.3 is 5.32 Å². The molecule has 0 aliphatic rings. The van der Waals surface area contributed by atoms with Crippen LogP contribution in [-0.4, -0.2) is 14.8 Å². The summed E-state index contributed by atoms with van der Waals surface area (Å²) in [7, 11) is 1.88. The summed E-state index contributed by atoms with van der Waals surface area (Å²) in [6.45, 7) is 0. The van der Waals surface area contributed by atoms with Crippen LogP contribution in [-0.2, 0) is 7.05 Å². The largest absolute Gasteiger partial charge is 0.315 e. The third-order valence-corrected chi connectivity index (χ3v) is 3.47. The fourth-order valence-electron chi connectivity index (χ4n) is 1.54. The number of hydrogen-bond acceptors (Lipinski definition) is 4. The minimum Gasteiger partial charge on any atom is -0.315 e. The molecule has 0 aliphatic heterocycles. The van der Waals surface area contributed by atoms with Crippen molar-refractivity contribution in [3.63, 3.8) is 0 Å². The second kappa shape index (κ2) is 4.01. The highest BCUT2D eigenvalue weighted by Gasteiger charge is 2.05. The summed E-state index contributed by atoms with van der Waals surface area (Å²) >= 11 is 7.49. The van der Waals surface area contributed by atoms with E-state index in [1.807, 2.05) is 37.5 Å². The predicted molar refractivity (Wildman–Crippen MR) is 71.1 cm³/mol. The maximum absolute atomic E-state index is 5.93. The summed E-state index contributed by atoms with van der Waals surface area (Å²) in [4.78, 5) is 4.46. The number of aryl methyl sites for hydroxylation is 1. The molecule has 1 N–H and O–H groups in total. The van der Waals surface area contributed by atoms with Gasteiger partial charge in [0, 0.05) is 24.3 Å². The number of halogens is 1. The Hall–Kier alpha value is -1.59. The average molecular weight is 265 g/mol. The van der Waals surface area contributed by atoms with Crippen molar-refractivity contribution in [1.82, 2.24) is 14.8 Å². The molecule has 86 valence electrons. The average Bonchev–Trinajstić information content (AvgIpc) is 2.84. The minimum absolute atomic E-state index is 0.727. The van der Waals surface area contributed by atoms with Gasteiger partial charge in [0.15, 0.2) is 10.9 Å². The topological polar surface area (TPSA) is 42.7 Å². The van der Waals surface area contributed by atoms with Crippen LogP contribution in [0.15, 0.2) is 30.5 Å². The van der Waals surface area contributed by atoms with Crippen LogP contribution >= 0.6 is 22.9 Å². The molecule has 0 unspecified atom stereocenters. The summed E-state index contributed by atoms with van der Waals surface area (Å²) < 4.78 is 2.81. The van der Waals surface area contributed by atoms with E-state index in [0.717, 1.165) is 26.2 Å². The highest BCUT2D eigenvalue weighted by molar-refractivity contribution is 7.22. The van der Waals surface area contributed by atoms with E-state index in [1.54, 1.807) is 16.0 Å². The van der Waals surface area contributed by atoms with Crippen LogP contribution in [0.4, 0.5) is 10.9 Å². The molecule has 0 spiro atoms. The molecular formula is C11H9ClN4S. The lowest BCUT2D eigenvalue weighted by Gasteiger charge is -1.94.